The van der Waals surface area contributed by atoms with Crippen molar-refractivity contribution in [2.45, 2.75) is 341 Å². The van der Waals surface area contributed by atoms with Crippen LogP contribution in [-0.2, 0) is 28.6 Å². The van der Waals surface area contributed by atoms with E-state index < -0.39 is 6.10 Å². The normalized spacial score (nSPS) is 12.6. The standard InChI is InChI=1S/C72H126O6/c1-4-7-10-13-16-19-22-25-27-29-31-33-35-36-38-39-41-43-45-47-50-53-56-59-62-65-71(74)77-68-69(67-76-70(73)64-61-58-55-52-49-24-21-18-15-12-9-6-3)78-72(75)66-63-60-57-54-51-48-46-44-42-40-37-34-32-30-28-26-23-20-17-14-11-8-5-2/h8,11,17-18,20-22,25-26,28-29,31-32,34,69H,4-7,9-10,12-16,19,23-24,27,30,33,35-68H2,1-3H3/b11-8-,20-17-,21-18-,25-22-,28-26-,31-29-,34-32-. The van der Waals surface area contributed by atoms with E-state index in [9.17, 15) is 14.4 Å². The molecule has 0 aromatic heterocycles. The lowest BCUT2D eigenvalue weighted by atomic mass is 10.0. The zero-order valence-electron chi connectivity index (χ0n) is 51.7. The number of esters is 3. The van der Waals surface area contributed by atoms with Crippen LogP contribution in [0.2, 0.25) is 0 Å². The topological polar surface area (TPSA) is 78.9 Å². The Labute approximate surface area is 484 Å². The fourth-order valence-electron chi connectivity index (χ4n) is 9.58. The highest BCUT2D eigenvalue weighted by Crippen LogP contribution is 2.17. The lowest BCUT2D eigenvalue weighted by Gasteiger charge is -2.18. The van der Waals surface area contributed by atoms with Crippen molar-refractivity contribution in [2.24, 2.45) is 0 Å². The lowest BCUT2D eigenvalue weighted by molar-refractivity contribution is -0.167. The number of rotatable bonds is 61. The molecule has 0 heterocycles. The third-order valence-corrected chi connectivity index (χ3v) is 14.6. The van der Waals surface area contributed by atoms with Gasteiger partial charge in [-0.3, -0.25) is 14.4 Å². The molecule has 0 spiro atoms. The Kier molecular flexibility index (Phi) is 63.2. The highest BCUT2D eigenvalue weighted by atomic mass is 16.6. The molecule has 0 rings (SSSR count). The van der Waals surface area contributed by atoms with Gasteiger partial charge in [-0.05, 0) is 116 Å². The first kappa shape index (κ1) is 74.6. The molecule has 0 saturated heterocycles. The molecule has 450 valence electrons. The van der Waals surface area contributed by atoms with Gasteiger partial charge in [-0.2, -0.15) is 0 Å². The maximum absolute atomic E-state index is 12.9. The minimum atomic E-state index is -0.783. The van der Waals surface area contributed by atoms with Gasteiger partial charge in [0.05, 0.1) is 0 Å². The average Bonchev–Trinajstić information content (AvgIpc) is 3.44. The molecule has 0 aromatic carbocycles. The summed E-state index contributed by atoms with van der Waals surface area (Å²) in [4.78, 5) is 38.3. The molecule has 0 aliphatic heterocycles. The Morgan fingerprint density at radius 2 is 0.500 bits per heavy atom. The van der Waals surface area contributed by atoms with Crippen LogP contribution in [0.15, 0.2) is 85.1 Å². The number of hydrogen-bond donors (Lipinski definition) is 0. The van der Waals surface area contributed by atoms with Crippen LogP contribution in [0.3, 0.4) is 0 Å². The minimum Gasteiger partial charge on any atom is -0.462 e. The van der Waals surface area contributed by atoms with Gasteiger partial charge in [0.25, 0.3) is 0 Å². The van der Waals surface area contributed by atoms with Crippen molar-refractivity contribution in [3.05, 3.63) is 85.1 Å². The van der Waals surface area contributed by atoms with E-state index in [4.69, 9.17) is 14.2 Å². The van der Waals surface area contributed by atoms with Crippen LogP contribution in [0, 0.1) is 0 Å². The molecule has 6 heteroatoms. The smallest absolute Gasteiger partial charge is 0.306 e. The van der Waals surface area contributed by atoms with Crippen molar-refractivity contribution in [3.8, 4) is 0 Å². The minimum absolute atomic E-state index is 0.0792. The second-order valence-corrected chi connectivity index (χ2v) is 22.3. The summed E-state index contributed by atoms with van der Waals surface area (Å²) in [5.41, 5.74) is 0. The third kappa shape index (κ3) is 63.4. The van der Waals surface area contributed by atoms with E-state index in [2.05, 4.69) is 106 Å². The van der Waals surface area contributed by atoms with E-state index in [-0.39, 0.29) is 31.1 Å². The summed E-state index contributed by atoms with van der Waals surface area (Å²) in [5, 5.41) is 0. The molecule has 1 atom stereocenters. The van der Waals surface area contributed by atoms with Crippen LogP contribution >= 0.6 is 0 Å². The molecule has 6 nitrogen and oxygen atoms in total. The van der Waals surface area contributed by atoms with Gasteiger partial charge < -0.3 is 14.2 Å². The van der Waals surface area contributed by atoms with Gasteiger partial charge in [0.2, 0.25) is 0 Å². The number of hydrogen-bond acceptors (Lipinski definition) is 6. The van der Waals surface area contributed by atoms with Crippen LogP contribution in [0.25, 0.3) is 0 Å². The van der Waals surface area contributed by atoms with Crippen molar-refractivity contribution in [2.75, 3.05) is 13.2 Å². The molecule has 0 N–H and O–H groups in total. The van der Waals surface area contributed by atoms with Gasteiger partial charge in [-0.25, -0.2) is 0 Å². The molecule has 0 aliphatic rings. The molecule has 0 bridgehead atoms. The summed E-state index contributed by atoms with van der Waals surface area (Å²) in [5.74, 6) is -0.880. The molecule has 0 radical (unpaired) electrons. The summed E-state index contributed by atoms with van der Waals surface area (Å²) < 4.78 is 16.9. The molecule has 0 fully saturated rings. The molecule has 1 unspecified atom stereocenters. The molecule has 0 aliphatic carbocycles. The number of carbonyl (C=O) groups is 3. The zero-order valence-corrected chi connectivity index (χ0v) is 51.7. The first-order valence-electron chi connectivity index (χ1n) is 33.6. The summed E-state index contributed by atoms with van der Waals surface area (Å²) in [6, 6.07) is 0. The average molecular weight is 1090 g/mol. The SMILES string of the molecule is CC/C=C\C/C=C\C/C=C\C/C=C\CCCCCCCCCCCCC(=O)OC(COC(=O)CCCCCCC/C=C\CCCCC)COC(=O)CCCCCCCCCCCCCCC/C=C\C/C=C\CCCCCCC. The van der Waals surface area contributed by atoms with E-state index in [1.54, 1.807) is 0 Å². The van der Waals surface area contributed by atoms with Crippen molar-refractivity contribution < 1.29 is 28.6 Å². The summed E-state index contributed by atoms with van der Waals surface area (Å²) >= 11 is 0. The van der Waals surface area contributed by atoms with Gasteiger partial charge in [-0.1, -0.05) is 286 Å². The predicted octanol–water partition coefficient (Wildman–Crippen LogP) is 23.1. The quantitative estimate of drug-likeness (QED) is 0.0261. The number of carbonyl (C=O) groups excluding carboxylic acids is 3. The Morgan fingerprint density at radius 3 is 0.821 bits per heavy atom. The second kappa shape index (κ2) is 66.1. The lowest BCUT2D eigenvalue weighted by Crippen LogP contribution is -2.30. The first-order valence-corrected chi connectivity index (χ1v) is 33.6. The van der Waals surface area contributed by atoms with Crippen LogP contribution in [0.5, 0.6) is 0 Å². The molecular formula is C72H126O6. The van der Waals surface area contributed by atoms with E-state index in [0.29, 0.717) is 19.3 Å². The van der Waals surface area contributed by atoms with Crippen molar-refractivity contribution in [1.29, 1.82) is 0 Å². The molecule has 78 heavy (non-hydrogen) atoms. The van der Waals surface area contributed by atoms with Crippen LogP contribution in [0.4, 0.5) is 0 Å². The van der Waals surface area contributed by atoms with Crippen LogP contribution in [-0.4, -0.2) is 37.2 Å². The van der Waals surface area contributed by atoms with Crippen molar-refractivity contribution in [3.63, 3.8) is 0 Å². The Morgan fingerprint density at radius 1 is 0.269 bits per heavy atom. The monoisotopic (exact) mass is 1090 g/mol. The summed E-state index contributed by atoms with van der Waals surface area (Å²) in [7, 11) is 0. The number of allylic oxidation sites excluding steroid dienone is 14. The second-order valence-electron chi connectivity index (χ2n) is 22.3. The predicted molar refractivity (Wildman–Crippen MR) is 339 cm³/mol. The highest BCUT2D eigenvalue weighted by molar-refractivity contribution is 5.71. The van der Waals surface area contributed by atoms with Gasteiger partial charge in [-0.15, -0.1) is 0 Å². The Balaban J connectivity index is 4.28. The molecule has 0 aromatic rings. The Bertz CT molecular complexity index is 1480. The summed E-state index contributed by atoms with van der Waals surface area (Å²) in [6.07, 6.45) is 87.4. The van der Waals surface area contributed by atoms with Gasteiger partial charge >= 0.3 is 17.9 Å². The fourth-order valence-corrected chi connectivity index (χ4v) is 9.58. The maximum atomic E-state index is 12.9. The van der Waals surface area contributed by atoms with Crippen molar-refractivity contribution >= 4 is 17.9 Å². The highest BCUT2D eigenvalue weighted by Gasteiger charge is 2.19. The van der Waals surface area contributed by atoms with Gasteiger partial charge in [0.1, 0.15) is 13.2 Å². The summed E-state index contributed by atoms with van der Waals surface area (Å²) in [6.45, 7) is 6.52. The van der Waals surface area contributed by atoms with E-state index in [1.165, 1.54) is 199 Å². The van der Waals surface area contributed by atoms with Crippen LogP contribution in [0.1, 0.15) is 335 Å². The van der Waals surface area contributed by atoms with Crippen molar-refractivity contribution in [1.82, 2.24) is 0 Å². The Hall–Kier alpha value is -3.41. The third-order valence-electron chi connectivity index (χ3n) is 14.6. The van der Waals surface area contributed by atoms with E-state index in [1.807, 2.05) is 0 Å². The zero-order chi connectivity index (χ0) is 56.4. The number of ether oxygens (including phenoxy) is 3. The molecular weight excluding hydrogens is 961 g/mol. The fraction of sp³-hybridized carbons (Fsp3) is 0.764. The molecule has 0 saturated carbocycles. The largest absolute Gasteiger partial charge is 0.462 e. The van der Waals surface area contributed by atoms with E-state index >= 15 is 0 Å². The first-order chi connectivity index (χ1) is 38.5. The van der Waals surface area contributed by atoms with Crippen LogP contribution < -0.4 is 0 Å². The van der Waals surface area contributed by atoms with Gasteiger partial charge in [0, 0.05) is 19.3 Å². The van der Waals surface area contributed by atoms with E-state index in [0.717, 1.165) is 96.3 Å². The molecule has 0 amide bonds. The maximum Gasteiger partial charge on any atom is 0.306 e. The van der Waals surface area contributed by atoms with Gasteiger partial charge in [0.15, 0.2) is 6.10 Å². The number of unbranched alkanes of at least 4 members (excludes halogenated alkanes) is 36.